The van der Waals surface area contributed by atoms with Gasteiger partial charge in [0, 0.05) is 12.1 Å². The standard InChI is InChI=1S/C19H21NO4/c21-18(11-12-24-14-16-5-2-1-3-6-16)20-17-8-4-7-15(13-17)9-10-19(22)23/h1-8,13H,9-12,14H2,(H,20,21)(H,22,23). The van der Waals surface area contributed by atoms with Gasteiger partial charge < -0.3 is 15.2 Å². The minimum Gasteiger partial charge on any atom is -0.481 e. The van der Waals surface area contributed by atoms with Crippen molar-refractivity contribution in [3.05, 3.63) is 65.7 Å². The number of amides is 1. The van der Waals surface area contributed by atoms with Gasteiger partial charge in [-0.2, -0.15) is 0 Å². The van der Waals surface area contributed by atoms with Crippen LogP contribution in [0.3, 0.4) is 0 Å². The van der Waals surface area contributed by atoms with Crippen LogP contribution in [0.1, 0.15) is 24.0 Å². The van der Waals surface area contributed by atoms with E-state index in [1.807, 2.05) is 36.4 Å². The van der Waals surface area contributed by atoms with Crippen LogP contribution < -0.4 is 5.32 Å². The molecule has 2 N–H and O–H groups in total. The molecule has 0 fully saturated rings. The molecular weight excluding hydrogens is 306 g/mol. The molecule has 0 aromatic heterocycles. The average molecular weight is 327 g/mol. The molecule has 5 heteroatoms. The van der Waals surface area contributed by atoms with Crippen molar-refractivity contribution in [2.75, 3.05) is 11.9 Å². The van der Waals surface area contributed by atoms with Crippen LogP contribution in [0, 0.1) is 0 Å². The number of carboxylic acids is 1. The summed E-state index contributed by atoms with van der Waals surface area (Å²) >= 11 is 0. The summed E-state index contributed by atoms with van der Waals surface area (Å²) in [5.74, 6) is -0.960. The summed E-state index contributed by atoms with van der Waals surface area (Å²) in [5, 5.41) is 11.5. The summed E-state index contributed by atoms with van der Waals surface area (Å²) < 4.78 is 5.49. The van der Waals surface area contributed by atoms with Crippen molar-refractivity contribution in [2.45, 2.75) is 25.9 Å². The van der Waals surface area contributed by atoms with Crippen LogP contribution in [0.5, 0.6) is 0 Å². The maximum absolute atomic E-state index is 11.9. The Morgan fingerprint density at radius 1 is 0.958 bits per heavy atom. The zero-order valence-corrected chi connectivity index (χ0v) is 13.4. The quantitative estimate of drug-likeness (QED) is 0.693. The van der Waals surface area contributed by atoms with Gasteiger partial charge in [-0.05, 0) is 29.7 Å². The number of carboxylic acid groups (broad SMARTS) is 1. The van der Waals surface area contributed by atoms with E-state index in [0.717, 1.165) is 11.1 Å². The molecule has 24 heavy (non-hydrogen) atoms. The zero-order chi connectivity index (χ0) is 17.2. The minimum absolute atomic E-state index is 0.0741. The zero-order valence-electron chi connectivity index (χ0n) is 13.4. The lowest BCUT2D eigenvalue weighted by atomic mass is 10.1. The van der Waals surface area contributed by atoms with Crippen LogP contribution in [-0.4, -0.2) is 23.6 Å². The molecule has 1 amide bonds. The Hall–Kier alpha value is -2.66. The topological polar surface area (TPSA) is 75.6 Å². The highest BCUT2D eigenvalue weighted by atomic mass is 16.5. The SMILES string of the molecule is O=C(O)CCc1cccc(NC(=O)CCOCc2ccccc2)c1. The smallest absolute Gasteiger partial charge is 0.303 e. The van der Waals surface area contributed by atoms with Gasteiger partial charge in [-0.1, -0.05) is 42.5 Å². The van der Waals surface area contributed by atoms with E-state index in [2.05, 4.69) is 5.32 Å². The van der Waals surface area contributed by atoms with Crippen molar-refractivity contribution in [2.24, 2.45) is 0 Å². The van der Waals surface area contributed by atoms with Gasteiger partial charge in [-0.3, -0.25) is 9.59 Å². The Labute approximate surface area is 141 Å². The predicted molar refractivity (Wildman–Crippen MR) is 91.7 cm³/mol. The summed E-state index contributed by atoms with van der Waals surface area (Å²) in [4.78, 5) is 22.5. The molecule has 0 aliphatic carbocycles. The van der Waals surface area contributed by atoms with E-state index in [4.69, 9.17) is 9.84 Å². The molecular formula is C19H21NO4. The van der Waals surface area contributed by atoms with Gasteiger partial charge in [0.15, 0.2) is 0 Å². The third kappa shape index (κ3) is 6.62. The highest BCUT2D eigenvalue weighted by Crippen LogP contribution is 2.13. The van der Waals surface area contributed by atoms with Crippen LogP contribution in [0.2, 0.25) is 0 Å². The first-order valence-corrected chi connectivity index (χ1v) is 7.86. The van der Waals surface area contributed by atoms with E-state index in [-0.39, 0.29) is 18.7 Å². The second-order valence-corrected chi connectivity index (χ2v) is 5.43. The fraction of sp³-hybridized carbons (Fsp3) is 0.263. The van der Waals surface area contributed by atoms with Gasteiger partial charge in [0.2, 0.25) is 5.91 Å². The number of carbonyl (C=O) groups is 2. The van der Waals surface area contributed by atoms with Gasteiger partial charge in [-0.15, -0.1) is 0 Å². The summed E-state index contributed by atoms with van der Waals surface area (Å²) in [6, 6.07) is 17.0. The molecule has 2 aromatic rings. The first-order chi connectivity index (χ1) is 11.6. The molecule has 126 valence electrons. The fourth-order valence-electron chi connectivity index (χ4n) is 2.21. The molecule has 0 unspecified atom stereocenters. The monoisotopic (exact) mass is 327 g/mol. The Morgan fingerprint density at radius 2 is 1.71 bits per heavy atom. The molecule has 0 atom stereocenters. The summed E-state index contributed by atoms with van der Waals surface area (Å²) in [7, 11) is 0. The Balaban J connectivity index is 1.72. The van der Waals surface area contributed by atoms with Gasteiger partial charge in [0.05, 0.1) is 19.6 Å². The first kappa shape index (κ1) is 17.7. The van der Waals surface area contributed by atoms with Gasteiger partial charge >= 0.3 is 5.97 Å². The van der Waals surface area contributed by atoms with E-state index in [9.17, 15) is 9.59 Å². The van der Waals surface area contributed by atoms with Crippen molar-refractivity contribution < 1.29 is 19.4 Å². The van der Waals surface area contributed by atoms with Crippen LogP contribution in [0.25, 0.3) is 0 Å². The third-order valence-corrected chi connectivity index (χ3v) is 3.42. The second kappa shape index (κ2) is 9.47. The lowest BCUT2D eigenvalue weighted by Gasteiger charge is -2.08. The predicted octanol–water partition coefficient (Wildman–Crippen LogP) is 3.25. The lowest BCUT2D eigenvalue weighted by Crippen LogP contribution is -2.14. The largest absolute Gasteiger partial charge is 0.481 e. The molecule has 0 aliphatic rings. The molecule has 0 bridgehead atoms. The number of nitrogens with one attached hydrogen (secondary N) is 1. The molecule has 2 aromatic carbocycles. The molecule has 2 rings (SSSR count). The Bertz CT molecular complexity index is 670. The molecule has 5 nitrogen and oxygen atoms in total. The summed E-state index contributed by atoms with van der Waals surface area (Å²) in [5.41, 5.74) is 2.63. The number of ether oxygens (including phenoxy) is 1. The number of carbonyl (C=O) groups excluding carboxylic acids is 1. The number of anilines is 1. The lowest BCUT2D eigenvalue weighted by molar-refractivity contribution is -0.137. The number of aryl methyl sites for hydroxylation is 1. The van der Waals surface area contributed by atoms with Gasteiger partial charge in [-0.25, -0.2) is 0 Å². The number of benzene rings is 2. The van der Waals surface area contributed by atoms with Crippen LogP contribution in [0.4, 0.5) is 5.69 Å². The van der Waals surface area contributed by atoms with E-state index < -0.39 is 5.97 Å². The minimum atomic E-state index is -0.833. The van der Waals surface area contributed by atoms with E-state index in [0.29, 0.717) is 25.3 Å². The van der Waals surface area contributed by atoms with Crippen molar-refractivity contribution in [1.82, 2.24) is 0 Å². The summed E-state index contributed by atoms with van der Waals surface area (Å²) in [6.45, 7) is 0.832. The molecule has 0 saturated heterocycles. The normalized spacial score (nSPS) is 10.3. The second-order valence-electron chi connectivity index (χ2n) is 5.43. The average Bonchev–Trinajstić information content (AvgIpc) is 2.58. The van der Waals surface area contributed by atoms with Gasteiger partial charge in [0.25, 0.3) is 0 Å². The van der Waals surface area contributed by atoms with E-state index >= 15 is 0 Å². The maximum atomic E-state index is 11.9. The van der Waals surface area contributed by atoms with E-state index in [1.165, 1.54) is 0 Å². The molecule has 0 radical (unpaired) electrons. The Kier molecular flexibility index (Phi) is 6.98. The van der Waals surface area contributed by atoms with Crippen LogP contribution in [0.15, 0.2) is 54.6 Å². The Morgan fingerprint density at radius 3 is 2.46 bits per heavy atom. The first-order valence-electron chi connectivity index (χ1n) is 7.86. The van der Waals surface area contributed by atoms with Crippen molar-refractivity contribution in [3.63, 3.8) is 0 Å². The van der Waals surface area contributed by atoms with Gasteiger partial charge in [0.1, 0.15) is 0 Å². The molecule has 0 spiro atoms. The third-order valence-electron chi connectivity index (χ3n) is 3.42. The van der Waals surface area contributed by atoms with Crippen molar-refractivity contribution in [1.29, 1.82) is 0 Å². The highest BCUT2D eigenvalue weighted by molar-refractivity contribution is 5.90. The molecule has 0 heterocycles. The van der Waals surface area contributed by atoms with Crippen molar-refractivity contribution in [3.8, 4) is 0 Å². The number of aliphatic carboxylic acids is 1. The van der Waals surface area contributed by atoms with Crippen molar-refractivity contribution >= 4 is 17.6 Å². The number of hydrogen-bond donors (Lipinski definition) is 2. The van der Waals surface area contributed by atoms with Crippen LogP contribution in [-0.2, 0) is 27.4 Å². The molecule has 0 aliphatic heterocycles. The summed E-state index contributed by atoms with van der Waals surface area (Å²) in [6.07, 6.45) is 0.788. The maximum Gasteiger partial charge on any atom is 0.303 e. The van der Waals surface area contributed by atoms with E-state index in [1.54, 1.807) is 18.2 Å². The molecule has 0 saturated carbocycles. The van der Waals surface area contributed by atoms with Crippen LogP contribution >= 0.6 is 0 Å². The highest BCUT2D eigenvalue weighted by Gasteiger charge is 2.05. The fourth-order valence-corrected chi connectivity index (χ4v) is 2.21. The number of rotatable bonds is 9. The number of hydrogen-bond acceptors (Lipinski definition) is 3.